The van der Waals surface area contributed by atoms with Crippen LogP contribution in [0.25, 0.3) is 22.6 Å². The first-order valence-corrected chi connectivity index (χ1v) is 9.93. The lowest BCUT2D eigenvalue weighted by atomic mass is 10.1. The fraction of sp³-hybridized carbons (Fsp3) is 0.167. The highest BCUT2D eigenvalue weighted by Crippen LogP contribution is 2.27. The van der Waals surface area contributed by atoms with Crippen molar-refractivity contribution in [3.63, 3.8) is 0 Å². The number of oxazole rings is 1. The van der Waals surface area contributed by atoms with E-state index in [0.29, 0.717) is 33.4 Å². The third kappa shape index (κ3) is 4.47. The fourth-order valence-electron chi connectivity index (χ4n) is 3.28. The molecular weight excluding hydrogens is 400 g/mol. The number of anilines is 1. The molecule has 6 heteroatoms. The second kappa shape index (κ2) is 8.20. The van der Waals surface area contributed by atoms with Gasteiger partial charge in [-0.3, -0.25) is 4.79 Å². The SMILES string of the molecule is Cc1cc(C)cc(-c2nc3cc(NC(=O)COc4ccc(Cl)c(C)c4)ccc3o2)c1. The molecular formula is C24H21ClN2O3. The van der Waals surface area contributed by atoms with Crippen molar-refractivity contribution in [2.75, 3.05) is 11.9 Å². The average Bonchev–Trinajstić information content (AvgIpc) is 3.12. The van der Waals surface area contributed by atoms with Crippen LogP contribution in [0.3, 0.4) is 0 Å². The lowest BCUT2D eigenvalue weighted by Crippen LogP contribution is -2.20. The first kappa shape index (κ1) is 20.0. The number of ether oxygens (including phenoxy) is 1. The highest BCUT2D eigenvalue weighted by atomic mass is 35.5. The van der Waals surface area contributed by atoms with Gasteiger partial charge in [0.15, 0.2) is 12.2 Å². The predicted molar refractivity (Wildman–Crippen MR) is 119 cm³/mol. The average molecular weight is 421 g/mol. The van der Waals surface area contributed by atoms with Gasteiger partial charge in [-0.2, -0.15) is 0 Å². The molecule has 0 aliphatic carbocycles. The van der Waals surface area contributed by atoms with Gasteiger partial charge in [0.2, 0.25) is 5.89 Å². The van der Waals surface area contributed by atoms with E-state index in [2.05, 4.69) is 16.4 Å². The minimum atomic E-state index is -0.264. The van der Waals surface area contributed by atoms with Crippen molar-refractivity contribution in [1.82, 2.24) is 4.98 Å². The molecule has 4 rings (SSSR count). The Balaban J connectivity index is 1.46. The van der Waals surface area contributed by atoms with Crippen molar-refractivity contribution in [2.24, 2.45) is 0 Å². The first-order valence-electron chi connectivity index (χ1n) is 9.55. The van der Waals surface area contributed by atoms with E-state index in [1.54, 1.807) is 36.4 Å². The Morgan fingerprint density at radius 1 is 1.03 bits per heavy atom. The number of aromatic nitrogens is 1. The van der Waals surface area contributed by atoms with E-state index in [1.165, 1.54) is 0 Å². The Kier molecular flexibility index (Phi) is 5.46. The van der Waals surface area contributed by atoms with E-state index < -0.39 is 0 Å². The molecule has 0 radical (unpaired) electrons. The number of aryl methyl sites for hydroxylation is 3. The summed E-state index contributed by atoms with van der Waals surface area (Å²) in [7, 11) is 0. The van der Waals surface area contributed by atoms with Crippen LogP contribution < -0.4 is 10.1 Å². The fourth-order valence-corrected chi connectivity index (χ4v) is 3.40. The maximum atomic E-state index is 12.3. The molecule has 0 saturated carbocycles. The van der Waals surface area contributed by atoms with Crippen LogP contribution in [0.1, 0.15) is 16.7 Å². The topological polar surface area (TPSA) is 64.4 Å². The Labute approximate surface area is 179 Å². The van der Waals surface area contributed by atoms with Crippen molar-refractivity contribution in [3.8, 4) is 17.2 Å². The summed E-state index contributed by atoms with van der Waals surface area (Å²) in [5.74, 6) is 0.888. The number of fused-ring (bicyclic) bond motifs is 1. The molecule has 1 aromatic heterocycles. The molecule has 152 valence electrons. The third-order valence-electron chi connectivity index (χ3n) is 4.64. The van der Waals surface area contributed by atoms with Gasteiger partial charge in [-0.25, -0.2) is 4.98 Å². The molecule has 0 fully saturated rings. The van der Waals surface area contributed by atoms with Crippen molar-refractivity contribution >= 4 is 34.3 Å². The molecule has 4 aromatic rings. The van der Waals surface area contributed by atoms with Crippen LogP contribution in [-0.2, 0) is 4.79 Å². The predicted octanol–water partition coefficient (Wildman–Crippen LogP) is 6.09. The zero-order valence-corrected chi connectivity index (χ0v) is 17.7. The summed E-state index contributed by atoms with van der Waals surface area (Å²) in [6.07, 6.45) is 0. The van der Waals surface area contributed by atoms with Crippen molar-refractivity contribution in [3.05, 3.63) is 76.3 Å². The highest BCUT2D eigenvalue weighted by molar-refractivity contribution is 6.31. The number of carbonyl (C=O) groups excluding carboxylic acids is 1. The summed E-state index contributed by atoms with van der Waals surface area (Å²) in [5, 5.41) is 3.49. The van der Waals surface area contributed by atoms with E-state index in [-0.39, 0.29) is 12.5 Å². The molecule has 0 spiro atoms. The number of hydrogen-bond acceptors (Lipinski definition) is 4. The zero-order chi connectivity index (χ0) is 21.3. The van der Waals surface area contributed by atoms with Gasteiger partial charge in [0.25, 0.3) is 5.91 Å². The molecule has 3 aromatic carbocycles. The molecule has 0 aliphatic heterocycles. The zero-order valence-electron chi connectivity index (χ0n) is 17.0. The molecule has 0 bridgehead atoms. The first-order chi connectivity index (χ1) is 14.4. The molecule has 5 nitrogen and oxygen atoms in total. The smallest absolute Gasteiger partial charge is 0.262 e. The Morgan fingerprint density at radius 3 is 2.53 bits per heavy atom. The van der Waals surface area contributed by atoms with Crippen LogP contribution in [0.4, 0.5) is 5.69 Å². The summed E-state index contributed by atoms with van der Waals surface area (Å²) in [5.41, 5.74) is 6.09. The number of rotatable bonds is 5. The molecule has 0 aliphatic rings. The standard InChI is InChI=1S/C24H21ClN2O3/c1-14-8-15(2)10-17(9-14)24-27-21-12-18(4-7-22(21)30-24)26-23(28)13-29-19-5-6-20(25)16(3)11-19/h4-12H,13H2,1-3H3,(H,26,28). The van der Waals surface area contributed by atoms with E-state index in [9.17, 15) is 4.79 Å². The highest BCUT2D eigenvalue weighted by Gasteiger charge is 2.11. The number of halogens is 1. The number of carbonyl (C=O) groups is 1. The van der Waals surface area contributed by atoms with E-state index >= 15 is 0 Å². The summed E-state index contributed by atoms with van der Waals surface area (Å²) in [6, 6.07) is 16.8. The number of nitrogens with zero attached hydrogens (tertiary/aromatic N) is 1. The minimum Gasteiger partial charge on any atom is -0.484 e. The van der Waals surface area contributed by atoms with Crippen LogP contribution in [0.15, 0.2) is 59.0 Å². The second-order valence-electron chi connectivity index (χ2n) is 7.33. The maximum absolute atomic E-state index is 12.3. The van der Waals surface area contributed by atoms with Gasteiger partial charge in [-0.05, 0) is 74.9 Å². The van der Waals surface area contributed by atoms with Crippen LogP contribution in [0.5, 0.6) is 5.75 Å². The van der Waals surface area contributed by atoms with Gasteiger partial charge in [0, 0.05) is 16.3 Å². The summed E-state index contributed by atoms with van der Waals surface area (Å²) >= 11 is 6.01. The molecule has 30 heavy (non-hydrogen) atoms. The van der Waals surface area contributed by atoms with Crippen LogP contribution >= 0.6 is 11.6 Å². The van der Waals surface area contributed by atoms with Gasteiger partial charge in [0.05, 0.1) is 0 Å². The molecule has 0 saturated heterocycles. The summed E-state index contributed by atoms with van der Waals surface area (Å²) in [4.78, 5) is 16.9. The largest absolute Gasteiger partial charge is 0.484 e. The normalized spacial score (nSPS) is 10.9. The molecule has 1 heterocycles. The lowest BCUT2D eigenvalue weighted by molar-refractivity contribution is -0.118. The molecule has 0 unspecified atom stereocenters. The number of hydrogen-bond donors (Lipinski definition) is 1. The number of benzene rings is 3. The van der Waals surface area contributed by atoms with Gasteiger partial charge in [-0.15, -0.1) is 0 Å². The maximum Gasteiger partial charge on any atom is 0.262 e. The Bertz CT molecular complexity index is 1230. The van der Waals surface area contributed by atoms with E-state index in [0.717, 1.165) is 22.3 Å². The van der Waals surface area contributed by atoms with Crippen molar-refractivity contribution in [2.45, 2.75) is 20.8 Å². The minimum absolute atomic E-state index is 0.105. The van der Waals surface area contributed by atoms with E-state index in [4.69, 9.17) is 20.8 Å². The molecule has 1 amide bonds. The lowest BCUT2D eigenvalue weighted by Gasteiger charge is -2.08. The molecule has 1 N–H and O–H groups in total. The van der Waals surface area contributed by atoms with Crippen LogP contribution in [-0.4, -0.2) is 17.5 Å². The quantitative estimate of drug-likeness (QED) is 0.424. The third-order valence-corrected chi connectivity index (χ3v) is 5.06. The Morgan fingerprint density at radius 2 is 1.80 bits per heavy atom. The van der Waals surface area contributed by atoms with E-state index in [1.807, 2.05) is 32.9 Å². The monoisotopic (exact) mass is 420 g/mol. The van der Waals surface area contributed by atoms with Crippen molar-refractivity contribution in [1.29, 1.82) is 0 Å². The van der Waals surface area contributed by atoms with Crippen LogP contribution in [0, 0.1) is 20.8 Å². The van der Waals surface area contributed by atoms with Gasteiger partial charge >= 0.3 is 0 Å². The number of amides is 1. The van der Waals surface area contributed by atoms with Gasteiger partial charge in [-0.1, -0.05) is 28.8 Å². The van der Waals surface area contributed by atoms with Gasteiger partial charge in [0.1, 0.15) is 11.3 Å². The Hall–Kier alpha value is -3.31. The second-order valence-corrected chi connectivity index (χ2v) is 7.73. The summed E-state index contributed by atoms with van der Waals surface area (Å²) < 4.78 is 11.4. The molecule has 0 atom stereocenters. The van der Waals surface area contributed by atoms with Crippen LogP contribution in [0.2, 0.25) is 5.02 Å². The summed E-state index contributed by atoms with van der Waals surface area (Å²) in [6.45, 7) is 5.86. The van der Waals surface area contributed by atoms with Crippen molar-refractivity contribution < 1.29 is 13.9 Å². The van der Waals surface area contributed by atoms with Gasteiger partial charge < -0.3 is 14.5 Å². The number of nitrogens with one attached hydrogen (secondary N) is 1.